The van der Waals surface area contributed by atoms with Gasteiger partial charge in [0.25, 0.3) is 0 Å². The molecule has 0 spiro atoms. The second-order valence-electron chi connectivity index (χ2n) is 2.96. The van der Waals surface area contributed by atoms with Crippen molar-refractivity contribution in [3.05, 3.63) is 11.1 Å². The summed E-state index contributed by atoms with van der Waals surface area (Å²) in [5.41, 5.74) is 0.0851. The molecule has 7 heteroatoms. The highest BCUT2D eigenvalue weighted by molar-refractivity contribution is 8.01. The van der Waals surface area contributed by atoms with Crippen LogP contribution >= 0.6 is 23.1 Å². The Morgan fingerprint density at radius 1 is 1.53 bits per heavy atom. The number of ether oxygens (including phenoxy) is 2. The molecule has 0 aliphatic heterocycles. The van der Waals surface area contributed by atoms with E-state index in [2.05, 4.69) is 4.98 Å². The third-order valence-electron chi connectivity index (χ3n) is 1.75. The van der Waals surface area contributed by atoms with Crippen molar-refractivity contribution >= 4 is 29.1 Å². The Labute approximate surface area is 108 Å². The fourth-order valence-electron chi connectivity index (χ4n) is 1.08. The molecule has 17 heavy (non-hydrogen) atoms. The number of thioether (sulfide) groups is 1. The first-order valence-corrected chi connectivity index (χ1v) is 7.08. The van der Waals surface area contributed by atoms with E-state index in [1.807, 2.05) is 13.8 Å². The fourth-order valence-corrected chi connectivity index (χ4v) is 2.85. The van der Waals surface area contributed by atoms with Gasteiger partial charge in [-0.1, -0.05) is 11.8 Å². The number of nitrogens with zero attached hydrogens (tertiary/aromatic N) is 1. The van der Waals surface area contributed by atoms with Crippen molar-refractivity contribution in [2.24, 2.45) is 0 Å². The Hall–Kier alpha value is -0.630. The zero-order valence-electron chi connectivity index (χ0n) is 9.71. The Morgan fingerprint density at radius 3 is 2.65 bits per heavy atom. The van der Waals surface area contributed by atoms with E-state index in [0.29, 0.717) is 23.3 Å². The Bertz CT molecular complexity index is 350. The topological polar surface area (TPSA) is 68.7 Å². The van der Waals surface area contributed by atoms with Crippen LogP contribution in [-0.4, -0.2) is 41.3 Å². The van der Waals surface area contributed by atoms with Gasteiger partial charge >= 0.3 is 5.97 Å². The number of carboxylic acid groups (broad SMARTS) is 1. The minimum atomic E-state index is -1.00. The smallest absolute Gasteiger partial charge is 0.355 e. The van der Waals surface area contributed by atoms with Crippen molar-refractivity contribution < 1.29 is 19.4 Å². The summed E-state index contributed by atoms with van der Waals surface area (Å²) in [5.74, 6) is -0.395. The van der Waals surface area contributed by atoms with Gasteiger partial charge in [0.05, 0.1) is 5.75 Å². The van der Waals surface area contributed by atoms with Crippen LogP contribution in [0.1, 0.15) is 24.3 Å². The van der Waals surface area contributed by atoms with Crippen LogP contribution in [0.2, 0.25) is 0 Å². The SMILES string of the molecule is CCOC(CSc1nc(C(=O)O)cs1)OCC. The number of carboxylic acids is 1. The molecule has 0 bridgehead atoms. The lowest BCUT2D eigenvalue weighted by atomic mass is 10.5. The number of carbonyl (C=O) groups is 1. The van der Waals surface area contributed by atoms with Gasteiger partial charge in [0, 0.05) is 18.6 Å². The van der Waals surface area contributed by atoms with Gasteiger partial charge in [0.15, 0.2) is 16.3 Å². The van der Waals surface area contributed by atoms with Gasteiger partial charge in [-0.25, -0.2) is 9.78 Å². The van der Waals surface area contributed by atoms with E-state index in [-0.39, 0.29) is 12.0 Å². The van der Waals surface area contributed by atoms with Crippen molar-refractivity contribution in [3.63, 3.8) is 0 Å². The predicted molar refractivity (Wildman–Crippen MR) is 66.8 cm³/mol. The van der Waals surface area contributed by atoms with Gasteiger partial charge in [-0.05, 0) is 13.8 Å². The van der Waals surface area contributed by atoms with Crippen LogP contribution in [0.5, 0.6) is 0 Å². The summed E-state index contributed by atoms with van der Waals surface area (Å²) in [6.45, 7) is 4.98. The molecule has 0 saturated carbocycles. The van der Waals surface area contributed by atoms with Crippen LogP contribution in [0.3, 0.4) is 0 Å². The van der Waals surface area contributed by atoms with Crippen LogP contribution < -0.4 is 0 Å². The van der Waals surface area contributed by atoms with Gasteiger partial charge in [-0.15, -0.1) is 11.3 Å². The lowest BCUT2D eigenvalue weighted by molar-refractivity contribution is -0.120. The zero-order chi connectivity index (χ0) is 12.7. The highest BCUT2D eigenvalue weighted by Crippen LogP contribution is 2.24. The van der Waals surface area contributed by atoms with E-state index in [9.17, 15) is 4.79 Å². The van der Waals surface area contributed by atoms with Gasteiger partial charge in [0.1, 0.15) is 0 Å². The van der Waals surface area contributed by atoms with Crippen molar-refractivity contribution in [1.82, 2.24) is 4.98 Å². The summed E-state index contributed by atoms with van der Waals surface area (Å²) in [4.78, 5) is 14.6. The highest BCUT2D eigenvalue weighted by atomic mass is 32.2. The maximum Gasteiger partial charge on any atom is 0.355 e. The number of thiazole rings is 1. The number of aromatic carboxylic acids is 1. The Balaban J connectivity index is 2.44. The van der Waals surface area contributed by atoms with E-state index < -0.39 is 5.97 Å². The third-order valence-corrected chi connectivity index (χ3v) is 3.80. The monoisotopic (exact) mass is 277 g/mol. The van der Waals surface area contributed by atoms with E-state index in [0.717, 1.165) is 0 Å². The third kappa shape index (κ3) is 5.03. The quantitative estimate of drug-likeness (QED) is 0.581. The molecule has 96 valence electrons. The molecule has 0 aliphatic carbocycles. The molecular weight excluding hydrogens is 262 g/mol. The van der Waals surface area contributed by atoms with Crippen LogP contribution in [0.4, 0.5) is 0 Å². The summed E-state index contributed by atoms with van der Waals surface area (Å²) in [6, 6.07) is 0. The first-order chi connectivity index (χ1) is 8.17. The molecule has 1 aromatic heterocycles. The molecule has 0 radical (unpaired) electrons. The van der Waals surface area contributed by atoms with E-state index in [4.69, 9.17) is 14.6 Å². The largest absolute Gasteiger partial charge is 0.476 e. The molecule has 0 saturated heterocycles. The first kappa shape index (κ1) is 14.4. The zero-order valence-corrected chi connectivity index (χ0v) is 11.3. The summed E-state index contributed by atoms with van der Waals surface area (Å²) in [6.07, 6.45) is -0.271. The second kappa shape index (κ2) is 7.65. The summed E-state index contributed by atoms with van der Waals surface area (Å²) in [5, 5.41) is 10.3. The number of rotatable bonds is 8. The van der Waals surface area contributed by atoms with E-state index in [1.165, 1.54) is 28.5 Å². The molecule has 0 atom stereocenters. The average molecular weight is 277 g/mol. The lowest BCUT2D eigenvalue weighted by Crippen LogP contribution is -2.19. The van der Waals surface area contributed by atoms with Gasteiger partial charge < -0.3 is 14.6 Å². The molecule has 1 heterocycles. The number of hydrogen-bond donors (Lipinski definition) is 1. The lowest BCUT2D eigenvalue weighted by Gasteiger charge is -2.15. The van der Waals surface area contributed by atoms with Crippen molar-refractivity contribution in [3.8, 4) is 0 Å². The maximum atomic E-state index is 10.6. The molecule has 5 nitrogen and oxygen atoms in total. The summed E-state index contributed by atoms with van der Waals surface area (Å²) >= 11 is 2.76. The Morgan fingerprint density at radius 2 is 2.18 bits per heavy atom. The van der Waals surface area contributed by atoms with E-state index >= 15 is 0 Å². The molecule has 1 rings (SSSR count). The minimum Gasteiger partial charge on any atom is -0.476 e. The number of hydrogen-bond acceptors (Lipinski definition) is 6. The minimum absolute atomic E-state index is 0.0851. The van der Waals surface area contributed by atoms with Gasteiger partial charge in [0.2, 0.25) is 0 Å². The fraction of sp³-hybridized carbons (Fsp3) is 0.600. The molecular formula is C10H15NO4S2. The van der Waals surface area contributed by atoms with Crippen LogP contribution in [0.15, 0.2) is 9.72 Å². The van der Waals surface area contributed by atoms with Crippen LogP contribution in [0, 0.1) is 0 Å². The summed E-state index contributed by atoms with van der Waals surface area (Å²) in [7, 11) is 0. The maximum absolute atomic E-state index is 10.6. The molecule has 0 unspecified atom stereocenters. The highest BCUT2D eigenvalue weighted by Gasteiger charge is 2.12. The predicted octanol–water partition coefficient (Wildman–Crippen LogP) is 2.33. The van der Waals surface area contributed by atoms with Crippen LogP contribution in [0.25, 0.3) is 0 Å². The van der Waals surface area contributed by atoms with Crippen LogP contribution in [-0.2, 0) is 9.47 Å². The van der Waals surface area contributed by atoms with Crippen molar-refractivity contribution in [2.45, 2.75) is 24.5 Å². The molecule has 0 fully saturated rings. The average Bonchev–Trinajstić information content (AvgIpc) is 2.75. The molecule has 0 aromatic carbocycles. The standard InChI is InChI=1S/C10H15NO4S2/c1-3-14-8(15-4-2)6-17-10-11-7(5-16-10)9(12)13/h5,8H,3-4,6H2,1-2H3,(H,12,13). The normalized spacial score (nSPS) is 11.0. The first-order valence-electron chi connectivity index (χ1n) is 5.22. The second-order valence-corrected chi connectivity index (χ2v) is 5.08. The molecule has 0 aliphatic rings. The molecule has 0 amide bonds. The Kier molecular flexibility index (Phi) is 6.49. The molecule has 1 aromatic rings. The summed E-state index contributed by atoms with van der Waals surface area (Å²) < 4.78 is 11.5. The van der Waals surface area contributed by atoms with E-state index in [1.54, 1.807) is 0 Å². The van der Waals surface area contributed by atoms with Crippen molar-refractivity contribution in [1.29, 1.82) is 0 Å². The van der Waals surface area contributed by atoms with Gasteiger partial charge in [-0.3, -0.25) is 0 Å². The number of aromatic nitrogens is 1. The molecule has 1 N–H and O–H groups in total. The van der Waals surface area contributed by atoms with Crippen molar-refractivity contribution in [2.75, 3.05) is 19.0 Å². The van der Waals surface area contributed by atoms with Gasteiger partial charge in [-0.2, -0.15) is 0 Å².